The van der Waals surface area contributed by atoms with Gasteiger partial charge in [0.2, 0.25) is 10.0 Å². The maximum Gasteiger partial charge on any atom is 0.238 e. The molecule has 2 N–H and O–H groups in total. The molecule has 0 saturated heterocycles. The number of aromatic nitrogens is 2. The molecule has 3 rings (SSSR count). The van der Waals surface area contributed by atoms with Crippen LogP contribution in [0.2, 0.25) is 0 Å². The number of primary sulfonamides is 1. The van der Waals surface area contributed by atoms with Crippen LogP contribution in [0.1, 0.15) is 0 Å². The Morgan fingerprint density at radius 2 is 1.80 bits per heavy atom. The van der Waals surface area contributed by atoms with Gasteiger partial charge in [-0.1, -0.05) is 36.4 Å². The molecule has 3 aromatic rings. The van der Waals surface area contributed by atoms with Crippen molar-refractivity contribution in [1.82, 2.24) is 10.2 Å². The smallest absolute Gasteiger partial charge is 0.225 e. The number of nitrogens with zero attached hydrogens (tertiary/aromatic N) is 2. The van der Waals surface area contributed by atoms with Gasteiger partial charge in [-0.2, -0.15) is 5.10 Å². The zero-order chi connectivity index (χ0) is 14.2. The molecule has 0 aliphatic carbocycles. The van der Waals surface area contributed by atoms with Gasteiger partial charge < -0.3 is 0 Å². The molecular formula is C14H11N3O2S. The number of hydrogen-bond donors (Lipinski definition) is 1. The van der Waals surface area contributed by atoms with Crippen molar-refractivity contribution < 1.29 is 8.42 Å². The maximum atomic E-state index is 11.4. The average molecular weight is 285 g/mol. The monoisotopic (exact) mass is 285 g/mol. The third kappa shape index (κ3) is 2.26. The van der Waals surface area contributed by atoms with Gasteiger partial charge in [-0.25, -0.2) is 13.6 Å². The fraction of sp³-hybridized carbons (Fsp3) is 0. The average Bonchev–Trinajstić information content (AvgIpc) is 2.46. The SMILES string of the molecule is NS(=O)(=O)c1cccc(-c2nncc3ccccc23)c1. The molecule has 6 heteroatoms. The minimum absolute atomic E-state index is 0.0599. The summed E-state index contributed by atoms with van der Waals surface area (Å²) in [6.07, 6.45) is 1.67. The molecule has 0 fully saturated rings. The Hall–Kier alpha value is -2.31. The molecule has 0 spiro atoms. The lowest BCUT2D eigenvalue weighted by Gasteiger charge is -2.06. The molecular weight excluding hydrogens is 274 g/mol. The summed E-state index contributed by atoms with van der Waals surface area (Å²) in [5.74, 6) is 0. The fourth-order valence-electron chi connectivity index (χ4n) is 2.06. The fourth-order valence-corrected chi connectivity index (χ4v) is 2.62. The quantitative estimate of drug-likeness (QED) is 0.779. The van der Waals surface area contributed by atoms with E-state index < -0.39 is 10.0 Å². The van der Waals surface area contributed by atoms with Crippen LogP contribution in [-0.2, 0) is 10.0 Å². The van der Waals surface area contributed by atoms with Crippen molar-refractivity contribution in [3.8, 4) is 11.3 Å². The molecule has 5 nitrogen and oxygen atoms in total. The summed E-state index contributed by atoms with van der Waals surface area (Å²) in [7, 11) is -3.73. The van der Waals surface area contributed by atoms with Gasteiger partial charge in [-0.05, 0) is 12.1 Å². The summed E-state index contributed by atoms with van der Waals surface area (Å²) in [5, 5.41) is 15.1. The molecule has 0 aliphatic heterocycles. The van der Waals surface area contributed by atoms with Crippen molar-refractivity contribution in [3.63, 3.8) is 0 Å². The molecule has 0 unspecified atom stereocenters. The zero-order valence-electron chi connectivity index (χ0n) is 10.4. The van der Waals surface area contributed by atoms with Crippen molar-refractivity contribution in [3.05, 3.63) is 54.7 Å². The van der Waals surface area contributed by atoms with Gasteiger partial charge >= 0.3 is 0 Å². The zero-order valence-corrected chi connectivity index (χ0v) is 11.2. The summed E-state index contributed by atoms with van der Waals surface area (Å²) in [5.41, 5.74) is 1.30. The van der Waals surface area contributed by atoms with Crippen molar-refractivity contribution >= 4 is 20.8 Å². The Balaban J connectivity index is 2.27. The van der Waals surface area contributed by atoms with E-state index in [1.807, 2.05) is 24.3 Å². The predicted molar refractivity (Wildman–Crippen MR) is 76.3 cm³/mol. The van der Waals surface area contributed by atoms with Crippen LogP contribution in [0.15, 0.2) is 59.6 Å². The summed E-state index contributed by atoms with van der Waals surface area (Å²) < 4.78 is 22.8. The Bertz CT molecular complexity index is 886. The summed E-state index contributed by atoms with van der Waals surface area (Å²) in [4.78, 5) is 0.0599. The van der Waals surface area contributed by atoms with Gasteiger partial charge in [0.05, 0.1) is 11.1 Å². The Kier molecular flexibility index (Phi) is 2.96. The molecule has 20 heavy (non-hydrogen) atoms. The van der Waals surface area contributed by atoms with Gasteiger partial charge in [0.1, 0.15) is 5.69 Å². The van der Waals surface area contributed by atoms with E-state index in [1.54, 1.807) is 18.3 Å². The van der Waals surface area contributed by atoms with Crippen LogP contribution < -0.4 is 5.14 Å². The summed E-state index contributed by atoms with van der Waals surface area (Å²) in [6.45, 7) is 0. The lowest BCUT2D eigenvalue weighted by Crippen LogP contribution is -2.12. The molecule has 1 heterocycles. The first-order valence-electron chi connectivity index (χ1n) is 5.89. The molecule has 0 amide bonds. The van der Waals surface area contributed by atoms with Gasteiger partial charge in [0, 0.05) is 16.3 Å². The Morgan fingerprint density at radius 3 is 2.60 bits per heavy atom. The number of fused-ring (bicyclic) bond motifs is 1. The summed E-state index contributed by atoms with van der Waals surface area (Å²) >= 11 is 0. The van der Waals surface area contributed by atoms with Crippen LogP contribution in [0.3, 0.4) is 0 Å². The number of nitrogens with two attached hydrogens (primary N) is 1. The van der Waals surface area contributed by atoms with Gasteiger partial charge in [-0.15, -0.1) is 5.10 Å². The van der Waals surface area contributed by atoms with E-state index in [0.29, 0.717) is 11.3 Å². The van der Waals surface area contributed by atoms with Crippen LogP contribution in [0.25, 0.3) is 22.0 Å². The first kappa shape index (κ1) is 12.7. The van der Waals surface area contributed by atoms with Crippen LogP contribution >= 0.6 is 0 Å². The number of benzene rings is 2. The van der Waals surface area contributed by atoms with Crippen LogP contribution in [-0.4, -0.2) is 18.6 Å². The van der Waals surface area contributed by atoms with Crippen molar-refractivity contribution in [2.75, 3.05) is 0 Å². The highest BCUT2D eigenvalue weighted by atomic mass is 32.2. The first-order chi connectivity index (χ1) is 9.55. The number of rotatable bonds is 2. The highest BCUT2D eigenvalue weighted by molar-refractivity contribution is 7.89. The van der Waals surface area contributed by atoms with Gasteiger partial charge in [-0.3, -0.25) is 0 Å². The molecule has 100 valence electrons. The minimum atomic E-state index is -3.73. The topological polar surface area (TPSA) is 85.9 Å². The molecule has 0 aliphatic rings. The maximum absolute atomic E-state index is 11.4. The molecule has 0 bridgehead atoms. The van der Waals surface area contributed by atoms with Crippen LogP contribution in [0.5, 0.6) is 0 Å². The van der Waals surface area contributed by atoms with Crippen molar-refractivity contribution in [2.45, 2.75) is 4.90 Å². The van der Waals surface area contributed by atoms with Gasteiger partial charge in [0.15, 0.2) is 0 Å². The Morgan fingerprint density at radius 1 is 1.00 bits per heavy atom. The van der Waals surface area contributed by atoms with Crippen LogP contribution in [0, 0.1) is 0 Å². The second kappa shape index (κ2) is 4.66. The second-order valence-electron chi connectivity index (χ2n) is 4.35. The molecule has 0 atom stereocenters. The molecule has 2 aromatic carbocycles. The number of hydrogen-bond acceptors (Lipinski definition) is 4. The van der Waals surface area contributed by atoms with Crippen molar-refractivity contribution in [2.24, 2.45) is 5.14 Å². The van der Waals surface area contributed by atoms with E-state index in [0.717, 1.165) is 10.8 Å². The van der Waals surface area contributed by atoms with E-state index in [9.17, 15) is 8.42 Å². The number of sulfonamides is 1. The third-order valence-corrected chi connectivity index (χ3v) is 3.92. The lowest BCUT2D eigenvalue weighted by molar-refractivity contribution is 0.598. The summed E-state index contributed by atoms with van der Waals surface area (Å²) in [6, 6.07) is 14.0. The molecule has 0 saturated carbocycles. The molecule has 1 aromatic heterocycles. The highest BCUT2D eigenvalue weighted by Crippen LogP contribution is 2.26. The largest absolute Gasteiger partial charge is 0.238 e. The molecule has 0 radical (unpaired) electrons. The minimum Gasteiger partial charge on any atom is -0.225 e. The highest BCUT2D eigenvalue weighted by Gasteiger charge is 2.11. The van der Waals surface area contributed by atoms with Crippen molar-refractivity contribution in [1.29, 1.82) is 0 Å². The van der Waals surface area contributed by atoms with E-state index in [4.69, 9.17) is 5.14 Å². The predicted octanol–water partition coefficient (Wildman–Crippen LogP) is 1.94. The normalized spacial score (nSPS) is 11.7. The first-order valence-corrected chi connectivity index (χ1v) is 7.44. The third-order valence-electron chi connectivity index (χ3n) is 3.01. The Labute approximate surface area is 116 Å². The standard InChI is InChI=1S/C14H11N3O2S/c15-20(18,19)12-6-3-5-10(8-12)14-13-7-2-1-4-11(13)9-16-17-14/h1-9H,(H2,15,18,19). The van der Waals surface area contributed by atoms with Crippen LogP contribution in [0.4, 0.5) is 0 Å². The lowest BCUT2D eigenvalue weighted by atomic mass is 10.1. The van der Waals surface area contributed by atoms with E-state index >= 15 is 0 Å². The van der Waals surface area contributed by atoms with E-state index in [-0.39, 0.29) is 4.90 Å². The van der Waals surface area contributed by atoms with E-state index in [2.05, 4.69) is 10.2 Å². The van der Waals surface area contributed by atoms with E-state index in [1.165, 1.54) is 12.1 Å². The van der Waals surface area contributed by atoms with Gasteiger partial charge in [0.25, 0.3) is 0 Å². The second-order valence-corrected chi connectivity index (χ2v) is 5.91.